The van der Waals surface area contributed by atoms with Crippen molar-refractivity contribution in [2.24, 2.45) is 21.1 Å². The van der Waals surface area contributed by atoms with Gasteiger partial charge in [-0.3, -0.25) is 13.8 Å². The van der Waals surface area contributed by atoms with E-state index in [0.29, 0.717) is 17.1 Å². The molecule has 3 aromatic heterocycles. The average molecular weight is 510 g/mol. The minimum atomic E-state index is -4.52. The molecule has 0 saturated heterocycles. The second-order valence-corrected chi connectivity index (χ2v) is 9.34. The van der Waals surface area contributed by atoms with Crippen molar-refractivity contribution in [3.63, 3.8) is 0 Å². The van der Waals surface area contributed by atoms with Crippen molar-refractivity contribution in [1.82, 2.24) is 29.1 Å². The summed E-state index contributed by atoms with van der Waals surface area (Å²) < 4.78 is 44.1. The summed E-state index contributed by atoms with van der Waals surface area (Å²) in [5, 5.41) is 17.5. The monoisotopic (exact) mass is 509 g/mol. The summed E-state index contributed by atoms with van der Waals surface area (Å²) in [7, 11) is 4.96. The van der Waals surface area contributed by atoms with Gasteiger partial charge in [0.25, 0.3) is 0 Å². The minimum absolute atomic E-state index is 0.122. The van der Waals surface area contributed by atoms with Gasteiger partial charge in [-0.25, -0.2) is 4.79 Å². The van der Waals surface area contributed by atoms with Crippen LogP contribution in [-0.2, 0) is 27.3 Å². The highest BCUT2D eigenvalue weighted by Crippen LogP contribution is 2.35. The van der Waals surface area contributed by atoms with Gasteiger partial charge in [-0.05, 0) is 50.1 Å². The standard InChI is InChI=1S/C26H26F3N7O/c1-13-16(8-7-9-17(13)20-12-23(26(27,28)29)33-36(20)6)14(2)30-24-19-11-22-21(34(4)25(37)35(22)5)10-18(19)15(3)31-32-24/h7-12,14H,1-6H3,(H,30,32)/t14-/m1/s1. The first-order valence-electron chi connectivity index (χ1n) is 11.7. The van der Waals surface area contributed by atoms with Gasteiger partial charge < -0.3 is 5.32 Å². The number of alkyl halides is 3. The van der Waals surface area contributed by atoms with Crippen molar-refractivity contribution in [3.05, 3.63) is 69.4 Å². The normalized spacial score (nSPS) is 13.0. The zero-order chi connectivity index (χ0) is 26.8. The van der Waals surface area contributed by atoms with E-state index in [4.69, 9.17) is 0 Å². The first-order chi connectivity index (χ1) is 17.4. The molecule has 0 aliphatic carbocycles. The molecule has 0 spiro atoms. The summed E-state index contributed by atoms with van der Waals surface area (Å²) in [6, 6.07) is 10.2. The smallest absolute Gasteiger partial charge is 0.362 e. The van der Waals surface area contributed by atoms with Gasteiger partial charge in [0.15, 0.2) is 11.5 Å². The van der Waals surface area contributed by atoms with Gasteiger partial charge in [-0.15, -0.1) is 5.10 Å². The SMILES string of the molecule is Cc1c(-c2cc(C(F)(F)F)nn2C)cccc1[C@@H](C)Nc1nnc(C)c2cc3c(cc12)n(C)c(=O)n3C. The van der Waals surface area contributed by atoms with Crippen molar-refractivity contribution in [1.29, 1.82) is 0 Å². The average Bonchev–Trinajstić information content (AvgIpc) is 3.34. The lowest BCUT2D eigenvalue weighted by Gasteiger charge is -2.20. The van der Waals surface area contributed by atoms with E-state index in [1.807, 2.05) is 45.0 Å². The van der Waals surface area contributed by atoms with Crippen LogP contribution in [-0.4, -0.2) is 29.1 Å². The Morgan fingerprint density at radius 2 is 1.59 bits per heavy atom. The van der Waals surface area contributed by atoms with Crippen LogP contribution >= 0.6 is 0 Å². The molecule has 8 nitrogen and oxygen atoms in total. The lowest BCUT2D eigenvalue weighted by Crippen LogP contribution is -2.19. The lowest BCUT2D eigenvalue weighted by molar-refractivity contribution is -0.141. The van der Waals surface area contributed by atoms with Crippen LogP contribution in [0.1, 0.15) is 35.5 Å². The number of aryl methyl sites for hydroxylation is 4. The Labute approximate surface area is 210 Å². The van der Waals surface area contributed by atoms with E-state index in [0.717, 1.165) is 44.7 Å². The van der Waals surface area contributed by atoms with E-state index in [1.165, 1.54) is 11.7 Å². The number of anilines is 1. The van der Waals surface area contributed by atoms with Crippen molar-refractivity contribution in [3.8, 4) is 11.3 Å². The maximum Gasteiger partial charge on any atom is 0.435 e. The summed E-state index contributed by atoms with van der Waals surface area (Å²) in [5.41, 5.74) is 4.04. The molecule has 5 rings (SSSR count). The number of hydrogen-bond acceptors (Lipinski definition) is 5. The quantitative estimate of drug-likeness (QED) is 0.368. The van der Waals surface area contributed by atoms with Gasteiger partial charge in [0.05, 0.1) is 28.5 Å². The summed E-state index contributed by atoms with van der Waals surface area (Å²) in [5.74, 6) is 0.552. The number of nitrogens with zero attached hydrogens (tertiary/aromatic N) is 6. The predicted molar refractivity (Wildman–Crippen MR) is 136 cm³/mol. The fraction of sp³-hybridized carbons (Fsp3) is 0.308. The Hall–Kier alpha value is -4.15. The highest BCUT2D eigenvalue weighted by atomic mass is 19.4. The molecule has 0 unspecified atom stereocenters. The summed E-state index contributed by atoms with van der Waals surface area (Å²) in [4.78, 5) is 12.5. The molecule has 0 fully saturated rings. The van der Waals surface area contributed by atoms with E-state index in [9.17, 15) is 18.0 Å². The Bertz CT molecular complexity index is 1740. The number of imidazole rings is 1. The third-order valence-corrected chi connectivity index (χ3v) is 7.00. The summed E-state index contributed by atoms with van der Waals surface area (Å²) in [6.45, 7) is 5.71. The van der Waals surface area contributed by atoms with Crippen molar-refractivity contribution in [2.45, 2.75) is 33.0 Å². The fourth-order valence-corrected chi connectivity index (χ4v) is 4.92. The van der Waals surface area contributed by atoms with Crippen molar-refractivity contribution >= 4 is 27.6 Å². The first kappa shape index (κ1) is 24.5. The highest BCUT2D eigenvalue weighted by Gasteiger charge is 2.35. The van der Waals surface area contributed by atoms with Crippen LogP contribution in [0.15, 0.2) is 41.2 Å². The molecule has 1 atom stereocenters. The largest absolute Gasteiger partial charge is 0.435 e. The van der Waals surface area contributed by atoms with E-state index >= 15 is 0 Å². The summed E-state index contributed by atoms with van der Waals surface area (Å²) >= 11 is 0. The molecule has 0 aliphatic heterocycles. The van der Waals surface area contributed by atoms with Crippen LogP contribution in [0, 0.1) is 13.8 Å². The topological polar surface area (TPSA) is 82.6 Å². The van der Waals surface area contributed by atoms with E-state index in [-0.39, 0.29) is 11.7 Å². The van der Waals surface area contributed by atoms with Gasteiger partial charge >= 0.3 is 11.9 Å². The van der Waals surface area contributed by atoms with Gasteiger partial charge in [0.1, 0.15) is 0 Å². The molecular weight excluding hydrogens is 483 g/mol. The van der Waals surface area contributed by atoms with Gasteiger partial charge in [-0.2, -0.15) is 23.4 Å². The molecule has 0 amide bonds. The van der Waals surface area contributed by atoms with Crippen LogP contribution < -0.4 is 11.0 Å². The van der Waals surface area contributed by atoms with Crippen molar-refractivity contribution in [2.75, 3.05) is 5.32 Å². The van der Waals surface area contributed by atoms with Crippen LogP contribution in [0.4, 0.5) is 19.0 Å². The second-order valence-electron chi connectivity index (χ2n) is 9.34. The second kappa shape index (κ2) is 8.46. The molecule has 0 saturated carbocycles. The van der Waals surface area contributed by atoms with Gasteiger partial charge in [-0.1, -0.05) is 18.2 Å². The third-order valence-electron chi connectivity index (χ3n) is 7.00. The highest BCUT2D eigenvalue weighted by molar-refractivity contribution is 6.01. The molecule has 5 aromatic rings. The molecule has 1 N–H and O–H groups in total. The Kier molecular flexibility index (Phi) is 5.61. The maximum atomic E-state index is 13.2. The molecule has 2 aromatic carbocycles. The lowest BCUT2D eigenvalue weighted by atomic mass is 9.95. The zero-order valence-electron chi connectivity index (χ0n) is 21.3. The zero-order valence-corrected chi connectivity index (χ0v) is 21.3. The van der Waals surface area contributed by atoms with Crippen LogP contribution in [0.25, 0.3) is 33.1 Å². The molecule has 0 bridgehead atoms. The number of aromatic nitrogens is 6. The van der Waals surface area contributed by atoms with E-state index in [2.05, 4.69) is 20.6 Å². The molecule has 0 aliphatic rings. The minimum Gasteiger partial charge on any atom is -0.362 e. The number of halogens is 3. The molecule has 11 heteroatoms. The Morgan fingerprint density at radius 3 is 2.22 bits per heavy atom. The molecule has 192 valence electrons. The molecular formula is C26H26F3N7O. The Balaban J connectivity index is 1.57. The van der Waals surface area contributed by atoms with Gasteiger partial charge in [0.2, 0.25) is 0 Å². The van der Waals surface area contributed by atoms with Crippen molar-refractivity contribution < 1.29 is 13.2 Å². The Morgan fingerprint density at radius 1 is 0.946 bits per heavy atom. The maximum absolute atomic E-state index is 13.2. The third kappa shape index (κ3) is 3.94. The number of hydrogen-bond donors (Lipinski definition) is 1. The molecule has 3 heterocycles. The number of rotatable bonds is 4. The fourth-order valence-electron chi connectivity index (χ4n) is 4.92. The van der Waals surface area contributed by atoms with Gasteiger partial charge in [0, 0.05) is 37.5 Å². The predicted octanol–water partition coefficient (Wildman–Crippen LogP) is 5.03. The summed E-state index contributed by atoms with van der Waals surface area (Å²) in [6.07, 6.45) is -4.52. The van der Waals surface area contributed by atoms with E-state index in [1.54, 1.807) is 29.3 Å². The molecule has 0 radical (unpaired) electrons. The van der Waals surface area contributed by atoms with Crippen LogP contribution in [0.5, 0.6) is 0 Å². The first-order valence-corrected chi connectivity index (χ1v) is 11.7. The number of nitrogens with one attached hydrogen (secondary N) is 1. The van der Waals surface area contributed by atoms with Crippen LogP contribution in [0.3, 0.4) is 0 Å². The van der Waals surface area contributed by atoms with Crippen LogP contribution in [0.2, 0.25) is 0 Å². The molecule has 37 heavy (non-hydrogen) atoms. The number of benzene rings is 2. The number of fused-ring (bicyclic) bond motifs is 2. The van der Waals surface area contributed by atoms with E-state index < -0.39 is 11.9 Å².